The van der Waals surface area contributed by atoms with Crippen molar-refractivity contribution in [1.82, 2.24) is 5.32 Å². The van der Waals surface area contributed by atoms with E-state index in [0.717, 1.165) is 0 Å². The molecule has 82 valence electrons. The molecule has 5 nitrogen and oxygen atoms in total. The van der Waals surface area contributed by atoms with E-state index >= 15 is 0 Å². The van der Waals surface area contributed by atoms with Gasteiger partial charge in [0.15, 0.2) is 0 Å². The summed E-state index contributed by atoms with van der Waals surface area (Å²) in [6.07, 6.45) is 0.712. The molecule has 0 aliphatic carbocycles. The zero-order valence-electron chi connectivity index (χ0n) is 8.19. The molecule has 0 bridgehead atoms. The lowest BCUT2D eigenvalue weighted by atomic mass is 10.1. The van der Waals surface area contributed by atoms with Crippen molar-refractivity contribution in [1.29, 1.82) is 0 Å². The van der Waals surface area contributed by atoms with E-state index in [4.69, 9.17) is 10.5 Å². The largest absolute Gasteiger partial charge is 0.380 e. The minimum Gasteiger partial charge on any atom is -0.380 e. The van der Waals surface area contributed by atoms with E-state index in [0.29, 0.717) is 19.6 Å². The Kier molecular flexibility index (Phi) is 4.50. The maximum atomic E-state index is 11.7. The molecule has 3 N–H and O–H groups in total. The van der Waals surface area contributed by atoms with E-state index in [-0.39, 0.29) is 23.0 Å². The topological polar surface area (TPSA) is 81.4 Å². The Balaban J connectivity index is 2.46. The summed E-state index contributed by atoms with van der Waals surface area (Å²) in [5.74, 6) is -0.209. The van der Waals surface area contributed by atoms with Gasteiger partial charge in [-0.1, -0.05) is 0 Å². The van der Waals surface area contributed by atoms with Crippen molar-refractivity contribution in [2.75, 3.05) is 26.0 Å². The highest BCUT2D eigenvalue weighted by molar-refractivity contribution is 7.86. The number of nitrogens with one attached hydrogen (secondary N) is 1. The molecular weight excluding hydrogens is 204 g/mol. The molecule has 0 spiro atoms. The number of hydrogen-bond acceptors (Lipinski definition) is 4. The number of rotatable bonds is 3. The number of ether oxygens (including phenoxy) is 1. The average molecular weight is 220 g/mol. The lowest BCUT2D eigenvalue weighted by molar-refractivity contribution is -0.118. The Labute approximate surface area is 85.8 Å². The van der Waals surface area contributed by atoms with Crippen molar-refractivity contribution in [3.05, 3.63) is 0 Å². The van der Waals surface area contributed by atoms with Gasteiger partial charge in [-0.25, -0.2) is 0 Å². The number of hydrogen-bond donors (Lipinski definition) is 2. The summed E-state index contributed by atoms with van der Waals surface area (Å²) in [6, 6.07) is -0.116. The van der Waals surface area contributed by atoms with Crippen LogP contribution in [0.2, 0.25) is 0 Å². The van der Waals surface area contributed by atoms with Crippen LogP contribution in [0.25, 0.3) is 0 Å². The summed E-state index contributed by atoms with van der Waals surface area (Å²) in [5.41, 5.74) is 5.79. The summed E-state index contributed by atoms with van der Waals surface area (Å²) >= 11 is 0. The first-order valence-electron chi connectivity index (χ1n) is 4.56. The zero-order chi connectivity index (χ0) is 10.6. The molecule has 14 heavy (non-hydrogen) atoms. The summed E-state index contributed by atoms with van der Waals surface area (Å²) in [6.45, 7) is 1.01. The molecule has 1 amide bonds. The maximum Gasteiger partial charge on any atom is 0.232 e. The maximum absolute atomic E-state index is 11.7. The number of carbonyl (C=O) groups is 1. The fraction of sp³-hybridized carbons (Fsp3) is 0.875. The van der Waals surface area contributed by atoms with Gasteiger partial charge in [0.25, 0.3) is 0 Å². The van der Waals surface area contributed by atoms with E-state index in [9.17, 15) is 9.00 Å². The summed E-state index contributed by atoms with van der Waals surface area (Å²) < 4.78 is 16.9. The predicted octanol–water partition coefficient (Wildman–Crippen LogP) is -1.40. The molecule has 1 aliphatic heterocycles. The van der Waals surface area contributed by atoms with Crippen LogP contribution in [0, 0.1) is 0 Å². The molecule has 0 aromatic heterocycles. The second-order valence-electron chi connectivity index (χ2n) is 3.26. The van der Waals surface area contributed by atoms with Crippen LogP contribution < -0.4 is 11.1 Å². The van der Waals surface area contributed by atoms with Gasteiger partial charge in [-0.15, -0.1) is 0 Å². The van der Waals surface area contributed by atoms with Crippen LogP contribution in [0.15, 0.2) is 0 Å². The summed E-state index contributed by atoms with van der Waals surface area (Å²) in [7, 11) is 0.296. The van der Waals surface area contributed by atoms with Crippen LogP contribution in [0.5, 0.6) is 0 Å². The lowest BCUT2D eigenvalue weighted by Gasteiger charge is -2.27. The van der Waals surface area contributed by atoms with Gasteiger partial charge in [0.1, 0.15) is 5.75 Å². The minimum atomic E-state index is -1.23. The number of nitrogens with two attached hydrogens (primary N) is 1. The van der Waals surface area contributed by atoms with Gasteiger partial charge in [-0.3, -0.25) is 9.00 Å². The van der Waals surface area contributed by atoms with Gasteiger partial charge >= 0.3 is 0 Å². The van der Waals surface area contributed by atoms with Crippen LogP contribution in [-0.2, 0) is 20.3 Å². The standard InChI is InChI=1S/C8H16N2O3S/c1-10-8(11)5-14(12)7-4-13-3-2-6(7)9/h6-7H,2-5,9H2,1H3,(H,10,11). The molecule has 3 unspecified atom stereocenters. The van der Waals surface area contributed by atoms with Gasteiger partial charge in [-0.2, -0.15) is 0 Å². The molecular formula is C8H16N2O3S. The van der Waals surface area contributed by atoms with E-state index in [1.54, 1.807) is 0 Å². The molecule has 1 fully saturated rings. The summed E-state index contributed by atoms with van der Waals surface area (Å²) in [5, 5.41) is 2.23. The molecule has 1 saturated heterocycles. The monoisotopic (exact) mass is 220 g/mol. The van der Waals surface area contributed by atoms with Crippen molar-refractivity contribution in [3.8, 4) is 0 Å². The third-order valence-corrected chi connectivity index (χ3v) is 3.95. The Hall–Kier alpha value is -0.460. The van der Waals surface area contributed by atoms with Crippen molar-refractivity contribution in [2.24, 2.45) is 5.73 Å². The molecule has 6 heteroatoms. The molecule has 0 aromatic rings. The van der Waals surface area contributed by atoms with Crippen molar-refractivity contribution >= 4 is 16.7 Å². The lowest BCUT2D eigenvalue weighted by Crippen LogP contribution is -2.47. The van der Waals surface area contributed by atoms with Crippen LogP contribution in [-0.4, -0.2) is 47.4 Å². The van der Waals surface area contributed by atoms with Crippen molar-refractivity contribution in [2.45, 2.75) is 17.7 Å². The van der Waals surface area contributed by atoms with Gasteiger partial charge in [0, 0.05) is 30.5 Å². The molecule has 1 rings (SSSR count). The number of carbonyl (C=O) groups excluding carboxylic acids is 1. The Morgan fingerprint density at radius 3 is 3.00 bits per heavy atom. The fourth-order valence-corrected chi connectivity index (χ4v) is 2.70. The van der Waals surface area contributed by atoms with Crippen molar-refractivity contribution in [3.63, 3.8) is 0 Å². The van der Waals surface area contributed by atoms with Crippen LogP contribution in [0.3, 0.4) is 0 Å². The highest BCUT2D eigenvalue weighted by atomic mass is 32.2. The Bertz CT molecular complexity index is 235. The summed E-state index contributed by atoms with van der Waals surface area (Å²) in [4.78, 5) is 11.0. The van der Waals surface area contributed by atoms with Crippen molar-refractivity contribution < 1.29 is 13.7 Å². The number of amides is 1. The van der Waals surface area contributed by atoms with Gasteiger partial charge in [-0.05, 0) is 6.42 Å². The van der Waals surface area contributed by atoms with E-state index < -0.39 is 10.8 Å². The zero-order valence-corrected chi connectivity index (χ0v) is 9.01. The van der Waals surface area contributed by atoms with E-state index in [1.165, 1.54) is 7.05 Å². The average Bonchev–Trinajstić information content (AvgIpc) is 2.18. The van der Waals surface area contributed by atoms with Crippen LogP contribution >= 0.6 is 0 Å². The van der Waals surface area contributed by atoms with Crippen LogP contribution in [0.1, 0.15) is 6.42 Å². The quantitative estimate of drug-likeness (QED) is 0.613. The minimum absolute atomic E-state index is 0.0121. The first-order valence-corrected chi connectivity index (χ1v) is 5.94. The molecule has 0 aromatic carbocycles. The fourth-order valence-electron chi connectivity index (χ4n) is 1.31. The first-order chi connectivity index (χ1) is 6.65. The molecule has 0 radical (unpaired) electrons. The van der Waals surface area contributed by atoms with E-state index in [2.05, 4.69) is 5.32 Å². The highest BCUT2D eigenvalue weighted by Gasteiger charge is 2.28. The second kappa shape index (κ2) is 5.43. The van der Waals surface area contributed by atoms with Gasteiger partial charge in [0.2, 0.25) is 5.91 Å². The van der Waals surface area contributed by atoms with E-state index in [1.807, 2.05) is 0 Å². The third kappa shape index (κ3) is 3.04. The third-order valence-electron chi connectivity index (χ3n) is 2.25. The Morgan fingerprint density at radius 1 is 1.71 bits per heavy atom. The SMILES string of the molecule is CNC(=O)CS(=O)C1COCCC1N. The molecule has 0 saturated carbocycles. The Morgan fingerprint density at radius 2 is 2.43 bits per heavy atom. The highest BCUT2D eigenvalue weighted by Crippen LogP contribution is 2.11. The molecule has 1 heterocycles. The second-order valence-corrected chi connectivity index (χ2v) is 4.92. The molecule has 1 aliphatic rings. The predicted molar refractivity (Wildman–Crippen MR) is 54.3 cm³/mol. The smallest absolute Gasteiger partial charge is 0.232 e. The van der Waals surface area contributed by atoms with Gasteiger partial charge in [0.05, 0.1) is 11.9 Å². The van der Waals surface area contributed by atoms with Gasteiger partial charge < -0.3 is 15.8 Å². The van der Waals surface area contributed by atoms with Crippen LogP contribution in [0.4, 0.5) is 0 Å². The normalized spacial score (nSPS) is 29.6. The first kappa shape index (κ1) is 11.6. The molecule has 3 atom stereocenters.